The van der Waals surface area contributed by atoms with E-state index < -0.39 is 0 Å². The van der Waals surface area contributed by atoms with Crippen molar-refractivity contribution in [2.45, 2.75) is 45.3 Å². The normalized spacial score (nSPS) is 14.4. The number of nitrogens with one attached hydrogen (secondary N) is 1. The van der Waals surface area contributed by atoms with Crippen LogP contribution in [0, 0.1) is 0 Å². The lowest BCUT2D eigenvalue weighted by Crippen LogP contribution is -2.33. The van der Waals surface area contributed by atoms with Gasteiger partial charge in [0.15, 0.2) is 6.61 Å². The highest BCUT2D eigenvalue weighted by atomic mass is 16.5. The molecule has 1 aliphatic carbocycles. The van der Waals surface area contributed by atoms with Crippen LogP contribution in [0.15, 0.2) is 18.3 Å². The van der Waals surface area contributed by atoms with Crippen molar-refractivity contribution in [1.82, 2.24) is 15.2 Å². The van der Waals surface area contributed by atoms with E-state index in [2.05, 4.69) is 24.1 Å². The number of hydrogen-bond donors (Lipinski definition) is 1. The number of nitrogens with zero attached hydrogens (tertiary/aromatic N) is 2. The zero-order valence-electron chi connectivity index (χ0n) is 12.4. The summed E-state index contributed by atoms with van der Waals surface area (Å²) < 4.78 is 5.47. The lowest BCUT2D eigenvalue weighted by molar-refractivity contribution is -0.132. The Morgan fingerprint density at radius 1 is 1.50 bits per heavy atom. The van der Waals surface area contributed by atoms with Gasteiger partial charge in [-0.05, 0) is 25.0 Å². The Labute approximate surface area is 120 Å². The number of amides is 1. The number of carbonyl (C=O) groups is 1. The summed E-state index contributed by atoms with van der Waals surface area (Å²) in [5.41, 5.74) is 0.965. The van der Waals surface area contributed by atoms with E-state index in [-0.39, 0.29) is 12.5 Å². The number of likely N-dealkylation sites (N-methyl/N-ethyl adjacent to an activating group) is 1. The second-order valence-electron chi connectivity index (χ2n) is 5.55. The average molecular weight is 277 g/mol. The highest BCUT2D eigenvalue weighted by Gasteiger charge is 2.29. The van der Waals surface area contributed by atoms with Crippen LogP contribution in [0.5, 0.6) is 5.75 Å². The Kier molecular flexibility index (Phi) is 4.95. The maximum atomic E-state index is 11.8. The zero-order chi connectivity index (χ0) is 14.5. The van der Waals surface area contributed by atoms with Gasteiger partial charge in [0.1, 0.15) is 5.75 Å². The summed E-state index contributed by atoms with van der Waals surface area (Å²) in [5.74, 6) is 0.661. The maximum Gasteiger partial charge on any atom is 0.260 e. The van der Waals surface area contributed by atoms with Gasteiger partial charge in [0, 0.05) is 25.7 Å². The molecule has 5 nitrogen and oxygen atoms in total. The summed E-state index contributed by atoms with van der Waals surface area (Å²) >= 11 is 0. The van der Waals surface area contributed by atoms with Crippen molar-refractivity contribution in [2.24, 2.45) is 0 Å². The van der Waals surface area contributed by atoms with Crippen molar-refractivity contribution in [2.75, 3.05) is 13.7 Å². The number of pyridine rings is 1. The van der Waals surface area contributed by atoms with Gasteiger partial charge in [-0.3, -0.25) is 9.78 Å². The molecule has 20 heavy (non-hydrogen) atoms. The van der Waals surface area contributed by atoms with E-state index in [9.17, 15) is 4.79 Å². The second-order valence-corrected chi connectivity index (χ2v) is 5.55. The van der Waals surface area contributed by atoms with Gasteiger partial charge in [0.05, 0.1) is 11.9 Å². The summed E-state index contributed by atoms with van der Waals surface area (Å²) in [6, 6.07) is 4.63. The molecule has 5 heteroatoms. The number of rotatable bonds is 7. The predicted octanol–water partition coefficient (Wildman–Crippen LogP) is 1.58. The Bertz CT molecular complexity index is 441. The molecule has 0 atom stereocenters. The standard InChI is InChI=1S/C15H23N3O2/c1-11(2)16-8-12-4-7-14(9-17-12)20-10-15(19)18(3)13-5-6-13/h4,7,9,11,13,16H,5-6,8,10H2,1-3H3. The molecular weight excluding hydrogens is 254 g/mol. The van der Waals surface area contributed by atoms with Crippen LogP contribution >= 0.6 is 0 Å². The van der Waals surface area contributed by atoms with E-state index in [1.54, 1.807) is 11.1 Å². The molecule has 0 saturated heterocycles. The first-order chi connectivity index (χ1) is 9.56. The molecule has 0 aliphatic heterocycles. The smallest absolute Gasteiger partial charge is 0.260 e. The van der Waals surface area contributed by atoms with Crippen LogP contribution in [0.2, 0.25) is 0 Å². The van der Waals surface area contributed by atoms with Crippen LogP contribution < -0.4 is 10.1 Å². The quantitative estimate of drug-likeness (QED) is 0.822. The largest absolute Gasteiger partial charge is 0.482 e. The third-order valence-electron chi connectivity index (χ3n) is 3.34. The van der Waals surface area contributed by atoms with Crippen LogP contribution in [-0.2, 0) is 11.3 Å². The van der Waals surface area contributed by atoms with Crippen molar-refractivity contribution in [3.63, 3.8) is 0 Å². The fourth-order valence-electron chi connectivity index (χ4n) is 1.82. The fourth-order valence-corrected chi connectivity index (χ4v) is 1.82. The number of carbonyl (C=O) groups excluding carboxylic acids is 1. The van der Waals surface area contributed by atoms with E-state index in [1.165, 1.54) is 0 Å². The van der Waals surface area contributed by atoms with E-state index >= 15 is 0 Å². The molecule has 1 N–H and O–H groups in total. The van der Waals surface area contributed by atoms with Crippen molar-refractivity contribution < 1.29 is 9.53 Å². The van der Waals surface area contributed by atoms with Gasteiger partial charge in [-0.2, -0.15) is 0 Å². The highest BCUT2D eigenvalue weighted by Crippen LogP contribution is 2.25. The van der Waals surface area contributed by atoms with Crippen molar-refractivity contribution >= 4 is 5.91 Å². The number of hydrogen-bond acceptors (Lipinski definition) is 4. The molecule has 1 saturated carbocycles. The van der Waals surface area contributed by atoms with E-state index in [1.807, 2.05) is 19.2 Å². The number of aromatic nitrogens is 1. The first kappa shape index (κ1) is 14.8. The Hall–Kier alpha value is -1.62. The fraction of sp³-hybridized carbons (Fsp3) is 0.600. The molecule has 1 heterocycles. The molecule has 1 aromatic heterocycles. The minimum absolute atomic E-state index is 0.0260. The summed E-state index contributed by atoms with van der Waals surface area (Å²) in [7, 11) is 1.84. The first-order valence-electron chi connectivity index (χ1n) is 7.13. The van der Waals surface area contributed by atoms with Gasteiger partial charge in [-0.1, -0.05) is 13.8 Å². The minimum atomic E-state index is 0.0260. The predicted molar refractivity (Wildman–Crippen MR) is 77.5 cm³/mol. The minimum Gasteiger partial charge on any atom is -0.482 e. The van der Waals surface area contributed by atoms with Gasteiger partial charge in [0.2, 0.25) is 0 Å². The Morgan fingerprint density at radius 3 is 2.80 bits per heavy atom. The van der Waals surface area contributed by atoms with Gasteiger partial charge in [0.25, 0.3) is 5.91 Å². The lowest BCUT2D eigenvalue weighted by Gasteiger charge is -2.16. The number of ether oxygens (including phenoxy) is 1. The van der Waals surface area contributed by atoms with E-state index in [4.69, 9.17) is 4.74 Å². The monoisotopic (exact) mass is 277 g/mol. The van der Waals surface area contributed by atoms with Crippen molar-refractivity contribution in [3.8, 4) is 5.75 Å². The van der Waals surface area contributed by atoms with Crippen LogP contribution in [0.4, 0.5) is 0 Å². The highest BCUT2D eigenvalue weighted by molar-refractivity contribution is 5.78. The lowest BCUT2D eigenvalue weighted by atomic mass is 10.3. The van der Waals surface area contributed by atoms with Gasteiger partial charge in [-0.25, -0.2) is 0 Å². The molecule has 110 valence electrons. The van der Waals surface area contributed by atoms with Crippen LogP contribution in [0.1, 0.15) is 32.4 Å². The summed E-state index contributed by atoms with van der Waals surface area (Å²) in [4.78, 5) is 17.9. The molecule has 0 aromatic carbocycles. The molecular formula is C15H23N3O2. The maximum absolute atomic E-state index is 11.8. The molecule has 0 radical (unpaired) electrons. The van der Waals surface area contributed by atoms with Gasteiger partial charge < -0.3 is 15.0 Å². The van der Waals surface area contributed by atoms with Crippen LogP contribution in [-0.4, -0.2) is 41.5 Å². The molecule has 1 aliphatic rings. The van der Waals surface area contributed by atoms with Crippen molar-refractivity contribution in [1.29, 1.82) is 0 Å². The second kappa shape index (κ2) is 6.70. The first-order valence-corrected chi connectivity index (χ1v) is 7.13. The SMILES string of the molecule is CC(C)NCc1ccc(OCC(=O)N(C)C2CC2)cn1. The van der Waals surface area contributed by atoms with Crippen LogP contribution in [0.3, 0.4) is 0 Å². The van der Waals surface area contributed by atoms with Gasteiger partial charge in [-0.15, -0.1) is 0 Å². The third kappa shape index (κ3) is 4.49. The summed E-state index contributed by atoms with van der Waals surface area (Å²) in [5, 5.41) is 3.30. The topological polar surface area (TPSA) is 54.5 Å². The van der Waals surface area contributed by atoms with Gasteiger partial charge >= 0.3 is 0 Å². The molecule has 1 amide bonds. The Morgan fingerprint density at radius 2 is 2.25 bits per heavy atom. The van der Waals surface area contributed by atoms with Crippen LogP contribution in [0.25, 0.3) is 0 Å². The van der Waals surface area contributed by atoms with Crippen molar-refractivity contribution in [3.05, 3.63) is 24.0 Å². The Balaban J connectivity index is 1.76. The molecule has 2 rings (SSSR count). The molecule has 1 aromatic rings. The summed E-state index contributed by atoms with van der Waals surface area (Å²) in [6.45, 7) is 5.01. The molecule has 0 spiro atoms. The average Bonchev–Trinajstić information content (AvgIpc) is 3.27. The van der Waals surface area contributed by atoms with E-state index in [0.717, 1.165) is 25.1 Å². The zero-order valence-corrected chi connectivity index (χ0v) is 12.4. The molecule has 0 bridgehead atoms. The summed E-state index contributed by atoms with van der Waals surface area (Å²) in [6.07, 6.45) is 3.89. The molecule has 1 fully saturated rings. The molecule has 0 unspecified atom stereocenters. The van der Waals surface area contributed by atoms with E-state index in [0.29, 0.717) is 17.8 Å². The third-order valence-corrected chi connectivity index (χ3v) is 3.34.